The minimum atomic E-state index is -0.434. The number of aromatic nitrogens is 1. The molecule has 0 bridgehead atoms. The van der Waals surface area contributed by atoms with Crippen LogP contribution in [0.2, 0.25) is 0 Å². The molecule has 7 nitrogen and oxygen atoms in total. The van der Waals surface area contributed by atoms with E-state index in [1.165, 1.54) is 12.1 Å². The van der Waals surface area contributed by atoms with Crippen LogP contribution in [-0.4, -0.2) is 28.9 Å². The van der Waals surface area contributed by atoms with Crippen LogP contribution in [0.3, 0.4) is 0 Å². The van der Waals surface area contributed by atoms with Crippen LogP contribution in [0.1, 0.15) is 11.3 Å². The molecule has 0 fully saturated rings. The number of para-hydroxylation sites is 1. The van der Waals surface area contributed by atoms with Crippen LogP contribution in [-0.2, 0) is 11.2 Å². The number of non-ortho nitro benzene ring substituents is 1. The maximum Gasteiger partial charge on any atom is 0.269 e. The molecule has 0 aliphatic carbocycles. The molecular weight excluding hydrogens is 332 g/mol. The molecule has 2 aromatic carbocycles. The lowest BCUT2D eigenvalue weighted by molar-refractivity contribution is -0.384. The van der Waals surface area contributed by atoms with Crippen molar-refractivity contribution < 1.29 is 9.72 Å². The van der Waals surface area contributed by atoms with Gasteiger partial charge in [0, 0.05) is 47.5 Å². The fourth-order valence-electron chi connectivity index (χ4n) is 2.90. The molecule has 134 valence electrons. The van der Waals surface area contributed by atoms with Gasteiger partial charge in [-0.15, -0.1) is 0 Å². The molecule has 0 unspecified atom stereocenters. The van der Waals surface area contributed by atoms with Crippen LogP contribution >= 0.6 is 0 Å². The summed E-state index contributed by atoms with van der Waals surface area (Å²) in [6.07, 6.45) is 0.327. The fraction of sp³-hybridized carbons (Fsp3) is 0.211. The van der Waals surface area contributed by atoms with Crippen molar-refractivity contribution in [3.05, 3.63) is 69.9 Å². The number of rotatable bonds is 7. The molecule has 3 N–H and O–H groups in total. The maximum absolute atomic E-state index is 12.2. The molecule has 0 saturated heterocycles. The lowest BCUT2D eigenvalue weighted by atomic mass is 10.1. The Morgan fingerprint density at radius 2 is 1.85 bits per heavy atom. The number of nitrogens with zero attached hydrogens (tertiary/aromatic N) is 1. The van der Waals surface area contributed by atoms with Gasteiger partial charge < -0.3 is 15.6 Å². The molecule has 0 aliphatic heterocycles. The number of aryl methyl sites for hydroxylation is 1. The molecule has 0 spiro atoms. The maximum atomic E-state index is 12.2. The zero-order chi connectivity index (χ0) is 18.5. The van der Waals surface area contributed by atoms with Crippen LogP contribution in [0, 0.1) is 17.0 Å². The predicted octanol–water partition coefficient (Wildman–Crippen LogP) is 3.16. The molecule has 1 aromatic heterocycles. The van der Waals surface area contributed by atoms with E-state index < -0.39 is 4.92 Å². The van der Waals surface area contributed by atoms with Crippen molar-refractivity contribution in [3.8, 4) is 0 Å². The molecule has 26 heavy (non-hydrogen) atoms. The van der Waals surface area contributed by atoms with E-state index in [-0.39, 0.29) is 11.6 Å². The van der Waals surface area contributed by atoms with Crippen molar-refractivity contribution in [2.75, 3.05) is 18.4 Å². The van der Waals surface area contributed by atoms with Crippen molar-refractivity contribution in [2.45, 2.75) is 13.3 Å². The van der Waals surface area contributed by atoms with Gasteiger partial charge >= 0.3 is 0 Å². The Balaban J connectivity index is 1.48. The number of anilines is 1. The number of benzene rings is 2. The van der Waals surface area contributed by atoms with E-state index in [0.717, 1.165) is 27.8 Å². The summed E-state index contributed by atoms with van der Waals surface area (Å²) in [5, 5.41) is 17.7. The molecular formula is C19H20N4O3. The Morgan fingerprint density at radius 1 is 1.12 bits per heavy atom. The predicted molar refractivity (Wildman–Crippen MR) is 101 cm³/mol. The second-order valence-electron chi connectivity index (χ2n) is 6.03. The van der Waals surface area contributed by atoms with Crippen molar-refractivity contribution in [1.82, 2.24) is 10.3 Å². The quantitative estimate of drug-likeness (QED) is 0.345. The monoisotopic (exact) mass is 352 g/mol. The zero-order valence-electron chi connectivity index (χ0n) is 14.4. The number of H-pyrrole nitrogens is 1. The zero-order valence-corrected chi connectivity index (χ0v) is 14.4. The molecule has 1 heterocycles. The average Bonchev–Trinajstić information content (AvgIpc) is 2.95. The second kappa shape index (κ2) is 7.69. The third-order valence-corrected chi connectivity index (χ3v) is 4.22. The van der Waals surface area contributed by atoms with E-state index in [0.29, 0.717) is 19.5 Å². The largest absolute Gasteiger partial charge is 0.383 e. The number of carbonyl (C=O) groups is 1. The number of nitro groups is 1. The molecule has 0 atom stereocenters. The van der Waals surface area contributed by atoms with Gasteiger partial charge in [0.05, 0.1) is 11.3 Å². The number of hydrogen-bond acceptors (Lipinski definition) is 4. The smallest absolute Gasteiger partial charge is 0.269 e. The number of aromatic amines is 1. The van der Waals surface area contributed by atoms with Gasteiger partial charge in [0.1, 0.15) is 0 Å². The molecule has 0 saturated carbocycles. The SMILES string of the molecule is Cc1[nH]c2ccccc2c1CC(=O)NCCNc1ccc([N+](=O)[O-])cc1. The Kier molecular flexibility index (Phi) is 5.17. The summed E-state index contributed by atoms with van der Waals surface area (Å²) in [4.78, 5) is 25.7. The van der Waals surface area contributed by atoms with E-state index in [9.17, 15) is 14.9 Å². The number of fused-ring (bicyclic) bond motifs is 1. The molecule has 3 rings (SSSR count). The molecule has 1 amide bonds. The summed E-state index contributed by atoms with van der Waals surface area (Å²) in [7, 11) is 0. The van der Waals surface area contributed by atoms with E-state index in [1.54, 1.807) is 12.1 Å². The van der Waals surface area contributed by atoms with Crippen molar-refractivity contribution in [3.63, 3.8) is 0 Å². The highest BCUT2D eigenvalue weighted by Crippen LogP contribution is 2.22. The Bertz CT molecular complexity index is 932. The van der Waals surface area contributed by atoms with Crippen LogP contribution in [0.15, 0.2) is 48.5 Å². The van der Waals surface area contributed by atoms with Crippen molar-refractivity contribution >= 4 is 28.2 Å². The van der Waals surface area contributed by atoms with Gasteiger partial charge in [0.25, 0.3) is 5.69 Å². The number of nitrogens with one attached hydrogen (secondary N) is 3. The van der Waals surface area contributed by atoms with Gasteiger partial charge in [-0.2, -0.15) is 0 Å². The number of nitro benzene ring substituents is 1. The first-order valence-electron chi connectivity index (χ1n) is 8.36. The normalized spacial score (nSPS) is 10.7. The third-order valence-electron chi connectivity index (χ3n) is 4.22. The second-order valence-corrected chi connectivity index (χ2v) is 6.03. The summed E-state index contributed by atoms with van der Waals surface area (Å²) >= 11 is 0. The minimum Gasteiger partial charge on any atom is -0.383 e. The number of hydrogen-bond donors (Lipinski definition) is 3. The van der Waals surface area contributed by atoms with Gasteiger partial charge in [-0.05, 0) is 30.7 Å². The van der Waals surface area contributed by atoms with Gasteiger partial charge in [-0.1, -0.05) is 18.2 Å². The first-order valence-corrected chi connectivity index (χ1v) is 8.36. The highest BCUT2D eigenvalue weighted by atomic mass is 16.6. The highest BCUT2D eigenvalue weighted by Gasteiger charge is 2.11. The van der Waals surface area contributed by atoms with Crippen molar-refractivity contribution in [1.29, 1.82) is 0 Å². The van der Waals surface area contributed by atoms with Crippen molar-refractivity contribution in [2.24, 2.45) is 0 Å². The molecule has 3 aromatic rings. The van der Waals surface area contributed by atoms with E-state index in [1.807, 2.05) is 31.2 Å². The van der Waals surface area contributed by atoms with Crippen LogP contribution in [0.4, 0.5) is 11.4 Å². The topological polar surface area (TPSA) is 100 Å². The Hall–Kier alpha value is -3.35. The summed E-state index contributed by atoms with van der Waals surface area (Å²) in [6, 6.07) is 14.1. The average molecular weight is 352 g/mol. The lowest BCUT2D eigenvalue weighted by Crippen LogP contribution is -2.30. The minimum absolute atomic E-state index is 0.0386. The van der Waals surface area contributed by atoms with Gasteiger partial charge in [0.15, 0.2) is 0 Å². The van der Waals surface area contributed by atoms with Crippen LogP contribution in [0.25, 0.3) is 10.9 Å². The summed E-state index contributed by atoms with van der Waals surface area (Å²) in [5.41, 5.74) is 3.88. The standard InChI is InChI=1S/C19H20N4O3/c1-13-17(16-4-2-3-5-18(16)22-13)12-19(24)21-11-10-20-14-6-8-15(9-7-14)23(25)26/h2-9,20,22H,10-12H2,1H3,(H,21,24). The third kappa shape index (κ3) is 4.00. The molecule has 0 radical (unpaired) electrons. The lowest BCUT2D eigenvalue weighted by Gasteiger charge is -2.08. The molecule has 7 heteroatoms. The van der Waals surface area contributed by atoms with E-state index in [4.69, 9.17) is 0 Å². The summed E-state index contributed by atoms with van der Waals surface area (Å²) in [6.45, 7) is 2.98. The van der Waals surface area contributed by atoms with E-state index in [2.05, 4.69) is 15.6 Å². The first-order chi connectivity index (χ1) is 12.5. The van der Waals surface area contributed by atoms with Crippen LogP contribution in [0.5, 0.6) is 0 Å². The summed E-state index contributed by atoms with van der Waals surface area (Å²) < 4.78 is 0. The van der Waals surface area contributed by atoms with Gasteiger partial charge in [0.2, 0.25) is 5.91 Å². The number of amides is 1. The Labute approximate surface area is 150 Å². The van der Waals surface area contributed by atoms with E-state index >= 15 is 0 Å². The van der Waals surface area contributed by atoms with Gasteiger partial charge in [-0.25, -0.2) is 0 Å². The Morgan fingerprint density at radius 3 is 2.58 bits per heavy atom. The van der Waals surface area contributed by atoms with Crippen LogP contribution < -0.4 is 10.6 Å². The fourth-order valence-corrected chi connectivity index (χ4v) is 2.90. The number of carbonyl (C=O) groups excluding carboxylic acids is 1. The highest BCUT2D eigenvalue weighted by molar-refractivity contribution is 5.90. The first kappa shape index (κ1) is 17.5. The molecule has 0 aliphatic rings. The summed E-state index contributed by atoms with van der Waals surface area (Å²) in [5.74, 6) is -0.0386. The van der Waals surface area contributed by atoms with Gasteiger partial charge in [-0.3, -0.25) is 14.9 Å².